The van der Waals surface area contributed by atoms with Crippen molar-refractivity contribution in [3.05, 3.63) is 25.4 Å². The van der Waals surface area contributed by atoms with E-state index in [0.717, 1.165) is 12.3 Å². The van der Waals surface area contributed by atoms with Crippen LogP contribution in [0.1, 0.15) is 13.3 Å². The number of allylic oxidation sites excluding steroid dienone is 1. The van der Waals surface area contributed by atoms with Crippen LogP contribution in [0.4, 0.5) is 0 Å². The van der Waals surface area contributed by atoms with Gasteiger partial charge in [0.05, 0.1) is 0 Å². The first-order valence-corrected chi connectivity index (χ1v) is 3.17. The highest BCUT2D eigenvalue weighted by Gasteiger charge is 1.84. The summed E-state index contributed by atoms with van der Waals surface area (Å²) in [7, 11) is 0. The number of rotatable bonds is 3. The lowest BCUT2D eigenvalue weighted by atomic mass is 10.4. The third-order valence-corrected chi connectivity index (χ3v) is 0.886. The van der Waals surface area contributed by atoms with E-state index in [1.165, 1.54) is 6.20 Å². The minimum absolute atomic E-state index is 0.773. The third-order valence-electron chi connectivity index (χ3n) is 0.886. The molecule has 0 aliphatic heterocycles. The Kier molecular flexibility index (Phi) is 5.25. The molecule has 0 fully saturated rings. The molecule has 0 atom stereocenters. The molecule has 0 aliphatic carbocycles. The van der Waals surface area contributed by atoms with E-state index < -0.39 is 0 Å². The van der Waals surface area contributed by atoms with Crippen LogP contribution in [0.2, 0.25) is 0 Å². The lowest BCUT2D eigenvalue weighted by Gasteiger charge is -1.89. The molecule has 0 aliphatic rings. The number of hydrogen-bond acceptors (Lipinski definition) is 1. The predicted octanol–water partition coefficient (Wildman–Crippen LogP) is 2.20. The standard InChI is InChI=1S/C8H12N2/c1-4-7-10-8(5-2)9-6-3/h4,6-7H,1,3,5H2,2H3. The van der Waals surface area contributed by atoms with E-state index in [0.29, 0.717) is 0 Å². The summed E-state index contributed by atoms with van der Waals surface area (Å²) in [6.45, 7) is 8.96. The molecule has 0 radical (unpaired) electrons. The summed E-state index contributed by atoms with van der Waals surface area (Å²) in [5.74, 6) is 0.773. The summed E-state index contributed by atoms with van der Waals surface area (Å²) in [5, 5.41) is 0. The highest BCUT2D eigenvalue weighted by atomic mass is 14.9. The van der Waals surface area contributed by atoms with E-state index in [1.54, 1.807) is 12.3 Å². The van der Waals surface area contributed by atoms with Gasteiger partial charge >= 0.3 is 0 Å². The largest absolute Gasteiger partial charge is 0.242 e. The molecule has 2 heteroatoms. The highest BCUT2D eigenvalue weighted by molar-refractivity contribution is 5.92. The Labute approximate surface area is 61.7 Å². The van der Waals surface area contributed by atoms with Crippen molar-refractivity contribution >= 4 is 12.1 Å². The molecule has 0 aromatic heterocycles. The Morgan fingerprint density at radius 1 is 1.50 bits per heavy atom. The topological polar surface area (TPSA) is 24.7 Å². The Morgan fingerprint density at radius 3 is 2.60 bits per heavy atom. The van der Waals surface area contributed by atoms with Crippen molar-refractivity contribution in [2.75, 3.05) is 0 Å². The van der Waals surface area contributed by atoms with Crippen molar-refractivity contribution in [2.45, 2.75) is 13.3 Å². The maximum absolute atomic E-state index is 3.99. The molecule has 0 rings (SSSR count). The number of hydrogen-bond donors (Lipinski definition) is 0. The van der Waals surface area contributed by atoms with Gasteiger partial charge in [0.25, 0.3) is 0 Å². The van der Waals surface area contributed by atoms with Gasteiger partial charge in [0, 0.05) is 18.8 Å². The zero-order chi connectivity index (χ0) is 7.82. The van der Waals surface area contributed by atoms with Crippen LogP contribution in [-0.2, 0) is 0 Å². The van der Waals surface area contributed by atoms with Crippen LogP contribution in [0.3, 0.4) is 0 Å². The molecule has 0 spiro atoms. The van der Waals surface area contributed by atoms with Gasteiger partial charge in [0.2, 0.25) is 0 Å². The molecule has 0 N–H and O–H groups in total. The lowest BCUT2D eigenvalue weighted by Crippen LogP contribution is -1.89. The van der Waals surface area contributed by atoms with Gasteiger partial charge < -0.3 is 0 Å². The Balaban J connectivity index is 4.06. The predicted molar refractivity (Wildman–Crippen MR) is 46.6 cm³/mol. The van der Waals surface area contributed by atoms with Crippen LogP contribution in [0.25, 0.3) is 0 Å². The molecule has 0 amide bonds. The monoisotopic (exact) mass is 136 g/mol. The van der Waals surface area contributed by atoms with Crippen molar-refractivity contribution in [3.8, 4) is 0 Å². The van der Waals surface area contributed by atoms with E-state index in [9.17, 15) is 0 Å². The van der Waals surface area contributed by atoms with Crippen molar-refractivity contribution in [2.24, 2.45) is 9.98 Å². The average Bonchev–Trinajstić information content (AvgIpc) is 1.98. The Morgan fingerprint density at radius 2 is 2.20 bits per heavy atom. The van der Waals surface area contributed by atoms with Gasteiger partial charge in [-0.15, -0.1) is 0 Å². The van der Waals surface area contributed by atoms with Gasteiger partial charge in [0.1, 0.15) is 5.84 Å². The second-order valence-corrected chi connectivity index (χ2v) is 1.60. The van der Waals surface area contributed by atoms with Crippen molar-refractivity contribution < 1.29 is 0 Å². The summed E-state index contributed by atoms with van der Waals surface area (Å²) in [6, 6.07) is 0. The first kappa shape index (κ1) is 8.82. The van der Waals surface area contributed by atoms with E-state index in [-0.39, 0.29) is 0 Å². The molecular formula is C8H12N2. The molecule has 2 nitrogen and oxygen atoms in total. The van der Waals surface area contributed by atoms with Crippen molar-refractivity contribution in [1.29, 1.82) is 0 Å². The number of amidine groups is 1. The maximum Gasteiger partial charge on any atom is 0.127 e. The molecule has 0 aromatic rings. The fourth-order valence-corrected chi connectivity index (χ4v) is 0.460. The van der Waals surface area contributed by atoms with E-state index in [2.05, 4.69) is 23.1 Å². The zero-order valence-electron chi connectivity index (χ0n) is 6.25. The summed E-state index contributed by atoms with van der Waals surface area (Å²) < 4.78 is 0. The minimum atomic E-state index is 0.773. The van der Waals surface area contributed by atoms with Gasteiger partial charge in [-0.1, -0.05) is 26.2 Å². The Bertz CT molecular complexity index is 166. The smallest absolute Gasteiger partial charge is 0.127 e. The van der Waals surface area contributed by atoms with E-state index >= 15 is 0 Å². The molecule has 0 unspecified atom stereocenters. The van der Waals surface area contributed by atoms with Crippen LogP contribution >= 0.6 is 0 Å². The second-order valence-electron chi connectivity index (χ2n) is 1.60. The molecule has 0 saturated carbocycles. The van der Waals surface area contributed by atoms with Crippen LogP contribution in [0.5, 0.6) is 0 Å². The molecule has 0 aromatic carbocycles. The fourth-order valence-electron chi connectivity index (χ4n) is 0.460. The van der Waals surface area contributed by atoms with Gasteiger partial charge in [0.15, 0.2) is 0 Å². The molecular weight excluding hydrogens is 124 g/mol. The summed E-state index contributed by atoms with van der Waals surface area (Å²) >= 11 is 0. The van der Waals surface area contributed by atoms with E-state index in [4.69, 9.17) is 0 Å². The Hall–Kier alpha value is -1.18. The van der Waals surface area contributed by atoms with Crippen molar-refractivity contribution in [1.82, 2.24) is 0 Å². The molecule has 54 valence electrons. The minimum Gasteiger partial charge on any atom is -0.242 e. The quantitative estimate of drug-likeness (QED) is 0.419. The van der Waals surface area contributed by atoms with Crippen LogP contribution in [-0.4, -0.2) is 12.1 Å². The molecule has 0 saturated heterocycles. The van der Waals surface area contributed by atoms with E-state index in [1.807, 2.05) is 6.92 Å². The van der Waals surface area contributed by atoms with Crippen LogP contribution < -0.4 is 0 Å². The van der Waals surface area contributed by atoms with Crippen LogP contribution in [0, 0.1) is 0 Å². The van der Waals surface area contributed by atoms with Crippen LogP contribution in [0.15, 0.2) is 35.4 Å². The fraction of sp³-hybridized carbons (Fsp3) is 0.250. The van der Waals surface area contributed by atoms with Gasteiger partial charge in [-0.2, -0.15) is 0 Å². The second kappa shape index (κ2) is 5.95. The van der Waals surface area contributed by atoms with Crippen molar-refractivity contribution in [3.63, 3.8) is 0 Å². The summed E-state index contributed by atoms with van der Waals surface area (Å²) in [5.41, 5.74) is 0. The first-order chi connectivity index (χ1) is 4.85. The number of nitrogens with zero attached hydrogens (tertiary/aromatic N) is 2. The average molecular weight is 136 g/mol. The molecule has 0 bridgehead atoms. The summed E-state index contributed by atoms with van der Waals surface area (Å²) in [4.78, 5) is 7.90. The zero-order valence-corrected chi connectivity index (χ0v) is 6.25. The van der Waals surface area contributed by atoms with Gasteiger partial charge in [-0.05, 0) is 0 Å². The maximum atomic E-state index is 3.99. The lowest BCUT2D eigenvalue weighted by molar-refractivity contribution is 1.24. The highest BCUT2D eigenvalue weighted by Crippen LogP contribution is 1.87. The van der Waals surface area contributed by atoms with Gasteiger partial charge in [-0.25, -0.2) is 9.98 Å². The first-order valence-electron chi connectivity index (χ1n) is 3.17. The summed E-state index contributed by atoms with van der Waals surface area (Å²) in [6.07, 6.45) is 5.54. The molecule has 10 heavy (non-hydrogen) atoms. The third kappa shape index (κ3) is 3.78. The van der Waals surface area contributed by atoms with Gasteiger partial charge in [-0.3, -0.25) is 0 Å². The number of aliphatic imine (C=N–C) groups is 2. The molecule has 0 heterocycles. The normalized spacial score (nSPS) is 11.9. The SMILES string of the molecule is C=CC=NC(CC)=NC=C.